The van der Waals surface area contributed by atoms with Crippen LogP contribution < -0.4 is 0 Å². The van der Waals surface area contributed by atoms with Crippen molar-refractivity contribution in [2.75, 3.05) is 26.7 Å². The van der Waals surface area contributed by atoms with Crippen molar-refractivity contribution in [2.45, 2.75) is 19.5 Å². The first-order valence-electron chi connectivity index (χ1n) is 11.3. The van der Waals surface area contributed by atoms with E-state index in [1.54, 1.807) is 12.3 Å². The highest BCUT2D eigenvalue weighted by atomic mass is 19.1. The van der Waals surface area contributed by atoms with Crippen molar-refractivity contribution >= 4 is 16.9 Å². The molecule has 7 heteroatoms. The fourth-order valence-electron chi connectivity index (χ4n) is 4.36. The number of carboxylic acid groups (broad SMARTS) is 1. The van der Waals surface area contributed by atoms with Gasteiger partial charge in [-0.1, -0.05) is 18.2 Å². The summed E-state index contributed by atoms with van der Waals surface area (Å²) in [5, 5.41) is 8.58. The molecule has 2 N–H and O–H groups in total. The van der Waals surface area contributed by atoms with Crippen LogP contribution in [0.3, 0.4) is 0 Å². The van der Waals surface area contributed by atoms with Crippen LogP contribution in [-0.2, 0) is 11.3 Å². The number of carboxylic acids is 1. The van der Waals surface area contributed by atoms with Gasteiger partial charge in [-0.05, 0) is 65.5 Å². The fourth-order valence-corrected chi connectivity index (χ4v) is 4.36. The molecule has 0 radical (unpaired) electrons. The fraction of sp³-hybridized carbons (Fsp3) is 0.259. The van der Waals surface area contributed by atoms with E-state index in [1.165, 1.54) is 5.56 Å². The van der Waals surface area contributed by atoms with Gasteiger partial charge in [0.2, 0.25) is 0 Å². The van der Waals surface area contributed by atoms with Crippen molar-refractivity contribution in [2.24, 2.45) is 0 Å². The highest BCUT2D eigenvalue weighted by molar-refractivity contribution is 5.85. The first kappa shape index (κ1) is 23.6. The molecule has 6 nitrogen and oxygen atoms in total. The lowest BCUT2D eigenvalue weighted by molar-refractivity contribution is -0.134. The van der Waals surface area contributed by atoms with Gasteiger partial charge in [-0.25, -0.2) is 4.39 Å². The summed E-state index contributed by atoms with van der Waals surface area (Å²) in [6.45, 7) is 4.45. The number of halogens is 1. The van der Waals surface area contributed by atoms with Crippen LogP contribution in [0.5, 0.6) is 0 Å². The SMILES string of the molecule is CC(=O)O.CN1CCN(Cc2cc(-c3ccc4[nH]ccc4c3)ccc2F)C(c2cccnc2)C1. The van der Waals surface area contributed by atoms with Gasteiger partial charge >= 0.3 is 0 Å². The molecule has 176 valence electrons. The lowest BCUT2D eigenvalue weighted by atomic mass is 9.99. The van der Waals surface area contributed by atoms with Crippen LogP contribution in [0.4, 0.5) is 4.39 Å². The number of fused-ring (bicyclic) bond motifs is 1. The number of likely N-dealkylation sites (N-methyl/N-ethyl adjacent to an activating group) is 1. The summed E-state index contributed by atoms with van der Waals surface area (Å²) in [6.07, 6.45) is 5.66. The Labute approximate surface area is 198 Å². The summed E-state index contributed by atoms with van der Waals surface area (Å²) in [5.41, 5.74) is 5.17. The number of nitrogens with zero attached hydrogens (tertiary/aromatic N) is 3. The Hall–Kier alpha value is -3.55. The molecule has 1 fully saturated rings. The summed E-state index contributed by atoms with van der Waals surface area (Å²) in [7, 11) is 2.14. The highest BCUT2D eigenvalue weighted by Gasteiger charge is 2.27. The maximum Gasteiger partial charge on any atom is 0.300 e. The average molecular weight is 461 g/mol. The van der Waals surface area contributed by atoms with E-state index in [4.69, 9.17) is 9.90 Å². The topological polar surface area (TPSA) is 72.5 Å². The van der Waals surface area contributed by atoms with E-state index in [1.807, 2.05) is 30.6 Å². The van der Waals surface area contributed by atoms with E-state index < -0.39 is 5.97 Å². The van der Waals surface area contributed by atoms with E-state index >= 15 is 0 Å². The zero-order valence-electron chi connectivity index (χ0n) is 19.4. The molecule has 0 spiro atoms. The summed E-state index contributed by atoms with van der Waals surface area (Å²) >= 11 is 0. The van der Waals surface area contributed by atoms with Gasteiger partial charge < -0.3 is 15.0 Å². The standard InChI is InChI=1S/C25H25FN4.C2H4O2/c1-29-11-12-30(25(17-29)21-3-2-9-27-15-21)16-22-14-18(4-6-23(22)26)19-5-7-24-20(13-19)8-10-28-24;1-2(3)4/h2-10,13-15,25,28H,11-12,16-17H2,1H3;1H3,(H,3,4). The van der Waals surface area contributed by atoms with Crippen molar-refractivity contribution in [3.63, 3.8) is 0 Å². The molecule has 0 saturated carbocycles. The van der Waals surface area contributed by atoms with E-state index in [-0.39, 0.29) is 11.9 Å². The Morgan fingerprint density at radius 3 is 2.68 bits per heavy atom. The Morgan fingerprint density at radius 2 is 1.91 bits per heavy atom. The van der Waals surface area contributed by atoms with Crippen molar-refractivity contribution < 1.29 is 14.3 Å². The normalized spacial score (nSPS) is 16.7. The molecule has 4 aromatic rings. The molecule has 0 amide bonds. The molecule has 1 unspecified atom stereocenters. The van der Waals surface area contributed by atoms with Crippen LogP contribution in [0.15, 0.2) is 73.2 Å². The summed E-state index contributed by atoms with van der Waals surface area (Å²) in [4.78, 5) is 21.2. The summed E-state index contributed by atoms with van der Waals surface area (Å²) in [5.74, 6) is -0.981. The predicted octanol–water partition coefficient (Wildman–Crippen LogP) is 4.95. The van der Waals surface area contributed by atoms with Gasteiger partial charge in [-0.3, -0.25) is 14.7 Å². The second-order valence-corrected chi connectivity index (χ2v) is 8.64. The second-order valence-electron chi connectivity index (χ2n) is 8.64. The second kappa shape index (κ2) is 10.6. The number of pyridine rings is 1. The first-order valence-corrected chi connectivity index (χ1v) is 11.3. The molecular weight excluding hydrogens is 431 g/mol. The zero-order chi connectivity index (χ0) is 24.1. The molecule has 2 aromatic carbocycles. The van der Waals surface area contributed by atoms with E-state index in [2.05, 4.69) is 57.1 Å². The molecule has 0 aliphatic carbocycles. The molecule has 1 atom stereocenters. The first-order chi connectivity index (χ1) is 16.4. The number of aromatic amines is 1. The smallest absolute Gasteiger partial charge is 0.300 e. The largest absolute Gasteiger partial charge is 0.481 e. The maximum atomic E-state index is 14.8. The lowest BCUT2D eigenvalue weighted by Gasteiger charge is -2.40. The molecule has 1 saturated heterocycles. The van der Waals surface area contributed by atoms with Crippen LogP contribution in [0.25, 0.3) is 22.0 Å². The van der Waals surface area contributed by atoms with Gasteiger partial charge in [0.25, 0.3) is 5.97 Å². The third kappa shape index (κ3) is 5.68. The summed E-state index contributed by atoms with van der Waals surface area (Å²) < 4.78 is 14.8. The molecule has 0 bridgehead atoms. The number of nitrogens with one attached hydrogen (secondary N) is 1. The third-order valence-corrected chi connectivity index (χ3v) is 6.07. The molecule has 34 heavy (non-hydrogen) atoms. The Morgan fingerprint density at radius 1 is 1.15 bits per heavy atom. The van der Waals surface area contributed by atoms with Crippen LogP contribution >= 0.6 is 0 Å². The number of rotatable bonds is 4. The number of piperazine rings is 1. The van der Waals surface area contributed by atoms with Gasteiger partial charge in [0.1, 0.15) is 5.82 Å². The molecule has 1 aliphatic heterocycles. The molecular formula is C27H29FN4O2. The van der Waals surface area contributed by atoms with Crippen molar-refractivity contribution in [1.82, 2.24) is 19.8 Å². The number of benzene rings is 2. The van der Waals surface area contributed by atoms with E-state index in [0.29, 0.717) is 6.54 Å². The van der Waals surface area contributed by atoms with Crippen LogP contribution in [0.2, 0.25) is 0 Å². The van der Waals surface area contributed by atoms with Crippen LogP contribution in [0.1, 0.15) is 24.1 Å². The number of hydrogen-bond acceptors (Lipinski definition) is 4. The number of H-pyrrole nitrogens is 1. The van der Waals surface area contributed by atoms with Gasteiger partial charge in [0.05, 0.1) is 0 Å². The van der Waals surface area contributed by atoms with Gasteiger partial charge in [-0.2, -0.15) is 0 Å². The van der Waals surface area contributed by atoms with E-state index in [0.717, 1.165) is 54.2 Å². The minimum Gasteiger partial charge on any atom is -0.481 e. The zero-order valence-corrected chi connectivity index (χ0v) is 19.4. The number of carbonyl (C=O) groups is 1. The number of aromatic nitrogens is 2. The monoisotopic (exact) mass is 460 g/mol. The lowest BCUT2D eigenvalue weighted by Crippen LogP contribution is -2.46. The molecule has 1 aliphatic rings. The average Bonchev–Trinajstić information content (AvgIpc) is 3.30. The number of hydrogen-bond donors (Lipinski definition) is 2. The third-order valence-electron chi connectivity index (χ3n) is 6.07. The summed E-state index contributed by atoms with van der Waals surface area (Å²) in [6, 6.07) is 18.1. The van der Waals surface area contributed by atoms with Gasteiger partial charge in [-0.15, -0.1) is 0 Å². The van der Waals surface area contributed by atoms with Crippen molar-refractivity contribution in [1.29, 1.82) is 0 Å². The molecule has 5 rings (SSSR count). The van der Waals surface area contributed by atoms with Gasteiger partial charge in [0.15, 0.2) is 0 Å². The van der Waals surface area contributed by atoms with Crippen LogP contribution in [0, 0.1) is 5.82 Å². The predicted molar refractivity (Wildman–Crippen MR) is 132 cm³/mol. The van der Waals surface area contributed by atoms with Gasteiger partial charge in [0, 0.05) is 68.8 Å². The maximum absolute atomic E-state index is 14.8. The van der Waals surface area contributed by atoms with Crippen LogP contribution in [-0.4, -0.2) is 57.5 Å². The minimum absolute atomic E-state index is 0.148. The van der Waals surface area contributed by atoms with E-state index in [9.17, 15) is 4.39 Å². The van der Waals surface area contributed by atoms with Crippen molar-refractivity contribution in [3.05, 3.63) is 90.1 Å². The molecule has 2 aromatic heterocycles. The number of aliphatic carboxylic acids is 1. The Bertz CT molecular complexity index is 1250. The molecule has 3 heterocycles. The van der Waals surface area contributed by atoms with Crippen molar-refractivity contribution in [3.8, 4) is 11.1 Å². The highest BCUT2D eigenvalue weighted by Crippen LogP contribution is 2.30. The minimum atomic E-state index is -0.833. The Kier molecular flexibility index (Phi) is 7.35. The quantitative estimate of drug-likeness (QED) is 0.451. The Balaban J connectivity index is 0.000000636.